The molecule has 3 rings (SSSR count). The lowest BCUT2D eigenvalue weighted by Crippen LogP contribution is -2.54. The van der Waals surface area contributed by atoms with E-state index in [4.69, 9.17) is 40.2 Å². The number of ether oxygens (including phenoxy) is 1. The van der Waals surface area contributed by atoms with Gasteiger partial charge in [-0.3, -0.25) is 19.8 Å². The van der Waals surface area contributed by atoms with Crippen LogP contribution in [-0.4, -0.2) is 29.0 Å². The van der Waals surface area contributed by atoms with Gasteiger partial charge in [-0.05, 0) is 55.0 Å². The van der Waals surface area contributed by atoms with Crippen molar-refractivity contribution in [2.24, 2.45) is 0 Å². The zero-order chi connectivity index (χ0) is 22.0. The molecule has 30 heavy (non-hydrogen) atoms. The Labute approximate surface area is 186 Å². The maximum Gasteiger partial charge on any atom is 0.270 e. The average Bonchev–Trinajstić information content (AvgIpc) is 2.69. The van der Waals surface area contributed by atoms with Crippen LogP contribution in [0.15, 0.2) is 48.0 Å². The molecule has 1 aliphatic rings. The molecule has 1 atom stereocenters. The number of anilines is 1. The van der Waals surface area contributed by atoms with Crippen LogP contribution in [0.2, 0.25) is 10.0 Å². The molecule has 0 spiro atoms. The fourth-order valence-corrected chi connectivity index (χ4v) is 3.26. The maximum atomic E-state index is 13.0. The molecule has 0 radical (unpaired) electrons. The van der Waals surface area contributed by atoms with Gasteiger partial charge in [0.1, 0.15) is 17.4 Å². The van der Waals surface area contributed by atoms with Crippen LogP contribution in [0, 0.1) is 0 Å². The topological polar surface area (TPSA) is 98.8 Å². The molecule has 2 amide bonds. The average molecular weight is 464 g/mol. The normalized spacial score (nSPS) is 16.4. The minimum Gasteiger partial charge on any atom is -0.546 e. The summed E-state index contributed by atoms with van der Waals surface area (Å²) in [6.07, 6.45) is 0.244. The monoisotopic (exact) mass is 463 g/mol. The first kappa shape index (κ1) is 21.8. The number of rotatable bonds is 5. The summed E-state index contributed by atoms with van der Waals surface area (Å²) in [5, 5.41) is 13.5. The van der Waals surface area contributed by atoms with Gasteiger partial charge in [-0.2, -0.15) is 0 Å². The third kappa shape index (κ3) is 4.46. The van der Waals surface area contributed by atoms with Crippen LogP contribution in [-0.2, 0) is 14.4 Å². The summed E-state index contributed by atoms with van der Waals surface area (Å²) in [5.74, 6) is -2.38. The highest BCUT2D eigenvalue weighted by Crippen LogP contribution is 2.34. The highest BCUT2D eigenvalue weighted by atomic mass is 35.5. The van der Waals surface area contributed by atoms with Crippen molar-refractivity contribution in [3.63, 3.8) is 0 Å². The highest BCUT2D eigenvalue weighted by Gasteiger charge is 2.35. The summed E-state index contributed by atoms with van der Waals surface area (Å²) in [5.41, 5.74) is 0.577. The fraction of sp³-hybridized carbons (Fsp3) is 0.100. The Morgan fingerprint density at radius 1 is 1.20 bits per heavy atom. The number of thiocarbonyl (C=S) groups is 1. The van der Waals surface area contributed by atoms with Crippen LogP contribution in [0.3, 0.4) is 0 Å². The molecule has 7 nitrogen and oxygen atoms in total. The number of carboxylic acids is 1. The summed E-state index contributed by atoms with van der Waals surface area (Å²) < 4.78 is 5.19. The molecule has 1 saturated heterocycles. The number of carbonyl (C=O) groups is 3. The number of benzene rings is 2. The number of nitrogens with zero attached hydrogens (tertiary/aromatic N) is 1. The van der Waals surface area contributed by atoms with Gasteiger partial charge in [-0.15, -0.1) is 0 Å². The molecule has 1 N–H and O–H groups in total. The molecule has 10 heteroatoms. The van der Waals surface area contributed by atoms with Gasteiger partial charge in [-0.1, -0.05) is 41.4 Å². The molecule has 0 aliphatic carbocycles. The van der Waals surface area contributed by atoms with E-state index in [1.54, 1.807) is 30.3 Å². The summed E-state index contributed by atoms with van der Waals surface area (Å²) in [6.45, 7) is 1.34. The lowest BCUT2D eigenvalue weighted by Gasteiger charge is -2.29. The summed E-state index contributed by atoms with van der Waals surface area (Å²) in [4.78, 5) is 37.2. The lowest BCUT2D eigenvalue weighted by molar-refractivity contribution is -0.312. The molecular weight excluding hydrogens is 451 g/mol. The van der Waals surface area contributed by atoms with E-state index >= 15 is 0 Å². The second kappa shape index (κ2) is 8.83. The fourth-order valence-electron chi connectivity index (χ4n) is 2.60. The van der Waals surface area contributed by atoms with Gasteiger partial charge < -0.3 is 14.6 Å². The van der Waals surface area contributed by atoms with Gasteiger partial charge >= 0.3 is 0 Å². The van der Waals surface area contributed by atoms with Crippen molar-refractivity contribution < 1.29 is 24.2 Å². The Kier molecular flexibility index (Phi) is 6.40. The van der Waals surface area contributed by atoms with Crippen LogP contribution < -0.4 is 20.1 Å². The van der Waals surface area contributed by atoms with Crippen LogP contribution >= 0.6 is 35.4 Å². The predicted octanol–water partition coefficient (Wildman–Crippen LogP) is 2.34. The number of amides is 2. The molecule has 0 unspecified atom stereocenters. The highest BCUT2D eigenvalue weighted by molar-refractivity contribution is 7.80. The van der Waals surface area contributed by atoms with Crippen molar-refractivity contribution in [3.8, 4) is 5.75 Å². The minimum absolute atomic E-state index is 0.119. The number of hydrogen-bond donors (Lipinski definition) is 1. The quantitative estimate of drug-likeness (QED) is 0.415. The van der Waals surface area contributed by atoms with Crippen molar-refractivity contribution in [2.75, 3.05) is 4.90 Å². The van der Waals surface area contributed by atoms with Gasteiger partial charge in [0.25, 0.3) is 11.8 Å². The Hall–Kier alpha value is -2.94. The minimum atomic E-state index is -1.35. The molecule has 2 aromatic rings. The summed E-state index contributed by atoms with van der Waals surface area (Å²) in [7, 11) is 0. The third-order valence-electron chi connectivity index (χ3n) is 4.11. The van der Waals surface area contributed by atoms with E-state index in [2.05, 4.69) is 5.32 Å². The van der Waals surface area contributed by atoms with Gasteiger partial charge in [0.05, 0.1) is 21.7 Å². The van der Waals surface area contributed by atoms with E-state index in [9.17, 15) is 19.5 Å². The van der Waals surface area contributed by atoms with Gasteiger partial charge in [-0.25, -0.2) is 0 Å². The van der Waals surface area contributed by atoms with Crippen molar-refractivity contribution in [2.45, 2.75) is 13.0 Å². The Morgan fingerprint density at radius 2 is 1.87 bits per heavy atom. The molecule has 1 heterocycles. The van der Waals surface area contributed by atoms with Crippen LogP contribution in [0.25, 0.3) is 6.08 Å². The number of carboxylic acid groups (broad SMARTS) is 1. The maximum absolute atomic E-state index is 13.0. The Bertz CT molecular complexity index is 1090. The van der Waals surface area contributed by atoms with E-state index in [1.807, 2.05) is 0 Å². The summed E-state index contributed by atoms with van der Waals surface area (Å²) >= 11 is 17.4. The van der Waals surface area contributed by atoms with Crippen LogP contribution in [0.1, 0.15) is 12.5 Å². The summed E-state index contributed by atoms with van der Waals surface area (Å²) in [6, 6.07) is 10.9. The largest absolute Gasteiger partial charge is 0.546 e. The SMILES string of the molecule is C[C@H](Oc1ccc(/C=C2/C(=O)NC(=S)N(c3cccc(Cl)c3Cl)C2=O)cc1)C(=O)[O-]. The van der Waals surface area contributed by atoms with E-state index in [0.717, 1.165) is 4.90 Å². The van der Waals surface area contributed by atoms with E-state index in [0.29, 0.717) is 11.3 Å². The van der Waals surface area contributed by atoms with Crippen molar-refractivity contribution in [3.05, 3.63) is 63.6 Å². The first-order valence-corrected chi connectivity index (χ1v) is 9.68. The van der Waals surface area contributed by atoms with Crippen molar-refractivity contribution in [1.29, 1.82) is 0 Å². The number of halogens is 2. The zero-order valence-corrected chi connectivity index (χ0v) is 17.7. The van der Waals surface area contributed by atoms with Crippen LogP contribution in [0.4, 0.5) is 5.69 Å². The van der Waals surface area contributed by atoms with Crippen molar-refractivity contribution in [1.82, 2.24) is 5.32 Å². The predicted molar refractivity (Wildman–Crippen MR) is 114 cm³/mol. The molecule has 0 bridgehead atoms. The van der Waals surface area contributed by atoms with E-state index in [1.165, 1.54) is 25.1 Å². The first-order chi connectivity index (χ1) is 14.2. The number of nitrogens with one attached hydrogen (secondary N) is 1. The number of carbonyl (C=O) groups excluding carboxylic acids is 3. The molecule has 0 aromatic heterocycles. The smallest absolute Gasteiger partial charge is 0.270 e. The Balaban J connectivity index is 1.91. The first-order valence-electron chi connectivity index (χ1n) is 8.52. The van der Waals surface area contributed by atoms with Crippen LogP contribution in [0.5, 0.6) is 5.75 Å². The second-order valence-corrected chi connectivity index (χ2v) is 7.35. The van der Waals surface area contributed by atoms with E-state index < -0.39 is 23.9 Å². The molecule has 2 aromatic carbocycles. The second-order valence-electron chi connectivity index (χ2n) is 6.18. The molecular formula is C20H13Cl2N2O5S-. The third-order valence-corrected chi connectivity index (χ3v) is 5.20. The Morgan fingerprint density at radius 3 is 2.50 bits per heavy atom. The van der Waals surface area contributed by atoms with Crippen molar-refractivity contribution >= 4 is 70.1 Å². The van der Waals surface area contributed by atoms with E-state index in [-0.39, 0.29) is 26.4 Å². The molecule has 1 fully saturated rings. The molecule has 154 valence electrons. The lowest BCUT2D eigenvalue weighted by atomic mass is 10.1. The molecule has 0 saturated carbocycles. The number of aliphatic carboxylic acids is 1. The molecule has 1 aliphatic heterocycles. The zero-order valence-electron chi connectivity index (χ0n) is 15.3. The standard InChI is InChI=1S/C20H14Cl2N2O5S/c1-10(19(27)28)29-12-7-5-11(6-8-12)9-13-17(25)23-20(30)24(18(13)26)15-4-2-3-14(21)16(15)22/h2-10H,1H3,(H,27,28)(H,23,25,30)/p-1/b13-9-/t10-/m0/s1. The van der Waals surface area contributed by atoms with Gasteiger partial charge in [0, 0.05) is 0 Å². The van der Waals surface area contributed by atoms with Gasteiger partial charge in [0.15, 0.2) is 5.11 Å². The van der Waals surface area contributed by atoms with Gasteiger partial charge in [0.2, 0.25) is 0 Å². The number of hydrogen-bond acceptors (Lipinski definition) is 6.